The number of rotatable bonds is 7. The van der Waals surface area contributed by atoms with Crippen molar-refractivity contribution >= 4 is 12.1 Å². The molecule has 6 heteroatoms. The lowest BCUT2D eigenvalue weighted by Gasteiger charge is -2.07. The molecule has 0 bridgehead atoms. The zero-order valence-corrected chi connectivity index (χ0v) is 15.7. The normalized spacial score (nSPS) is 11.0. The summed E-state index contributed by atoms with van der Waals surface area (Å²) in [6, 6.07) is 25.6. The number of benzene rings is 2. The SMILES string of the molecule is O=C(CCn1nc(-c2ccccc2)cc1-c1ccccc1)NN=Cc1ccco1. The molecule has 1 N–H and O–H groups in total. The number of amides is 1. The number of aryl methyl sites for hydroxylation is 1. The van der Waals surface area contributed by atoms with Gasteiger partial charge in [-0.25, -0.2) is 5.43 Å². The van der Waals surface area contributed by atoms with Gasteiger partial charge in [-0.05, 0) is 23.8 Å². The molecule has 0 atom stereocenters. The summed E-state index contributed by atoms with van der Waals surface area (Å²) in [4.78, 5) is 12.2. The molecule has 0 saturated heterocycles. The van der Waals surface area contributed by atoms with E-state index < -0.39 is 0 Å². The molecule has 0 fully saturated rings. The Bertz CT molecular complexity index is 1080. The highest BCUT2D eigenvalue weighted by Gasteiger charge is 2.12. The van der Waals surface area contributed by atoms with Gasteiger partial charge in [0, 0.05) is 12.0 Å². The summed E-state index contributed by atoms with van der Waals surface area (Å²) in [5.74, 6) is 0.389. The van der Waals surface area contributed by atoms with E-state index in [2.05, 4.69) is 16.6 Å². The molecule has 1 amide bonds. The Hall–Kier alpha value is -3.93. The van der Waals surface area contributed by atoms with Gasteiger partial charge in [-0.15, -0.1) is 0 Å². The van der Waals surface area contributed by atoms with Crippen LogP contribution >= 0.6 is 0 Å². The van der Waals surface area contributed by atoms with Crippen LogP contribution in [0.5, 0.6) is 0 Å². The molecule has 2 heterocycles. The number of hydrazone groups is 1. The van der Waals surface area contributed by atoms with Gasteiger partial charge in [-0.1, -0.05) is 60.7 Å². The van der Waals surface area contributed by atoms with Crippen LogP contribution in [0.3, 0.4) is 0 Å². The van der Waals surface area contributed by atoms with Gasteiger partial charge in [0.25, 0.3) is 0 Å². The Balaban J connectivity index is 1.49. The topological polar surface area (TPSA) is 72.4 Å². The van der Waals surface area contributed by atoms with E-state index in [9.17, 15) is 4.79 Å². The Morgan fingerprint density at radius 2 is 1.72 bits per heavy atom. The number of hydrogen-bond donors (Lipinski definition) is 1. The first kappa shape index (κ1) is 18.4. The number of nitrogens with zero attached hydrogens (tertiary/aromatic N) is 3. The summed E-state index contributed by atoms with van der Waals surface area (Å²) in [6.07, 6.45) is 3.27. The third-order valence-electron chi connectivity index (χ3n) is 4.39. The van der Waals surface area contributed by atoms with Crippen molar-refractivity contribution in [3.63, 3.8) is 0 Å². The molecule has 144 valence electrons. The van der Waals surface area contributed by atoms with Crippen LogP contribution in [0.25, 0.3) is 22.5 Å². The van der Waals surface area contributed by atoms with Gasteiger partial charge < -0.3 is 4.42 Å². The molecule has 0 aliphatic heterocycles. The van der Waals surface area contributed by atoms with Crippen LogP contribution in [-0.4, -0.2) is 21.9 Å². The van der Waals surface area contributed by atoms with Crippen molar-refractivity contribution in [1.82, 2.24) is 15.2 Å². The van der Waals surface area contributed by atoms with Crippen LogP contribution in [0.4, 0.5) is 0 Å². The summed E-state index contributed by atoms with van der Waals surface area (Å²) in [6.45, 7) is 0.444. The second kappa shape index (κ2) is 8.84. The van der Waals surface area contributed by atoms with E-state index in [4.69, 9.17) is 9.52 Å². The van der Waals surface area contributed by atoms with Gasteiger partial charge in [0.15, 0.2) is 0 Å². The Morgan fingerprint density at radius 1 is 1.00 bits per heavy atom. The maximum absolute atomic E-state index is 12.2. The minimum Gasteiger partial charge on any atom is -0.463 e. The van der Waals surface area contributed by atoms with Crippen molar-refractivity contribution in [1.29, 1.82) is 0 Å². The van der Waals surface area contributed by atoms with Crippen LogP contribution in [0.1, 0.15) is 12.2 Å². The molecule has 6 nitrogen and oxygen atoms in total. The number of aromatic nitrogens is 2. The average molecular weight is 384 g/mol. The first-order chi connectivity index (χ1) is 14.3. The van der Waals surface area contributed by atoms with E-state index in [0.29, 0.717) is 12.3 Å². The van der Waals surface area contributed by atoms with Crippen molar-refractivity contribution in [2.45, 2.75) is 13.0 Å². The van der Waals surface area contributed by atoms with Crippen LogP contribution in [-0.2, 0) is 11.3 Å². The number of furan rings is 1. The third-order valence-corrected chi connectivity index (χ3v) is 4.39. The van der Waals surface area contributed by atoms with Gasteiger partial charge in [0.1, 0.15) is 5.76 Å². The largest absolute Gasteiger partial charge is 0.463 e. The van der Waals surface area contributed by atoms with Crippen molar-refractivity contribution in [3.8, 4) is 22.5 Å². The lowest BCUT2D eigenvalue weighted by atomic mass is 10.1. The fourth-order valence-corrected chi connectivity index (χ4v) is 2.97. The zero-order chi connectivity index (χ0) is 19.9. The summed E-state index contributed by atoms with van der Waals surface area (Å²) in [5, 5.41) is 8.64. The number of nitrogens with one attached hydrogen (secondary N) is 1. The van der Waals surface area contributed by atoms with E-state index in [1.165, 1.54) is 6.21 Å². The van der Waals surface area contributed by atoms with E-state index in [1.54, 1.807) is 18.4 Å². The molecule has 0 radical (unpaired) electrons. The molecule has 0 spiro atoms. The smallest absolute Gasteiger partial charge is 0.241 e. The first-order valence-corrected chi connectivity index (χ1v) is 9.34. The predicted octanol–water partition coefficient (Wildman–Crippen LogP) is 4.35. The van der Waals surface area contributed by atoms with Gasteiger partial charge >= 0.3 is 0 Å². The molecule has 4 rings (SSSR count). The van der Waals surface area contributed by atoms with Gasteiger partial charge in [-0.3, -0.25) is 9.48 Å². The van der Waals surface area contributed by atoms with Crippen molar-refractivity contribution in [2.75, 3.05) is 0 Å². The molecular formula is C23H20N4O2. The standard InChI is InChI=1S/C23H20N4O2/c28-23(25-24-17-20-12-7-15-29-20)13-14-27-22(19-10-5-2-6-11-19)16-21(26-27)18-8-3-1-4-9-18/h1-12,15-17H,13-14H2,(H,25,28). The molecule has 4 aromatic rings. The van der Waals surface area contributed by atoms with Crippen molar-refractivity contribution < 1.29 is 9.21 Å². The Labute approximate surface area is 168 Å². The molecule has 0 aliphatic rings. The summed E-state index contributed by atoms with van der Waals surface area (Å²) in [7, 11) is 0. The molecule has 2 aromatic heterocycles. The first-order valence-electron chi connectivity index (χ1n) is 9.34. The fourth-order valence-electron chi connectivity index (χ4n) is 2.97. The fraction of sp³-hybridized carbons (Fsp3) is 0.0870. The monoisotopic (exact) mass is 384 g/mol. The predicted molar refractivity (Wildman–Crippen MR) is 112 cm³/mol. The van der Waals surface area contributed by atoms with Gasteiger partial charge in [0.05, 0.1) is 30.4 Å². The number of carbonyl (C=O) groups is 1. The summed E-state index contributed by atoms with van der Waals surface area (Å²) in [5.41, 5.74) is 6.45. The molecule has 2 aromatic carbocycles. The zero-order valence-electron chi connectivity index (χ0n) is 15.7. The highest BCUT2D eigenvalue weighted by molar-refractivity contribution is 5.80. The molecule has 0 aliphatic carbocycles. The molecule has 0 saturated carbocycles. The van der Waals surface area contributed by atoms with Gasteiger partial charge in [0.2, 0.25) is 5.91 Å². The molecule has 0 unspecified atom stereocenters. The Kier molecular flexibility index (Phi) is 5.62. The minimum absolute atomic E-state index is 0.191. The second-order valence-electron chi connectivity index (χ2n) is 6.43. The van der Waals surface area contributed by atoms with Crippen LogP contribution in [0, 0.1) is 0 Å². The van der Waals surface area contributed by atoms with Crippen molar-refractivity contribution in [2.24, 2.45) is 5.10 Å². The highest BCUT2D eigenvalue weighted by Crippen LogP contribution is 2.26. The summed E-state index contributed by atoms with van der Waals surface area (Å²) < 4.78 is 7.01. The number of carbonyl (C=O) groups excluding carboxylic acids is 1. The quantitative estimate of drug-likeness (QED) is 0.380. The van der Waals surface area contributed by atoms with E-state index in [-0.39, 0.29) is 12.3 Å². The maximum Gasteiger partial charge on any atom is 0.241 e. The lowest BCUT2D eigenvalue weighted by molar-refractivity contribution is -0.121. The van der Waals surface area contributed by atoms with Crippen LogP contribution < -0.4 is 5.43 Å². The maximum atomic E-state index is 12.2. The highest BCUT2D eigenvalue weighted by atomic mass is 16.3. The van der Waals surface area contributed by atoms with E-state index in [1.807, 2.05) is 65.3 Å². The van der Waals surface area contributed by atoms with Crippen molar-refractivity contribution in [3.05, 3.63) is 90.9 Å². The summed E-state index contributed by atoms with van der Waals surface area (Å²) >= 11 is 0. The van der Waals surface area contributed by atoms with Crippen LogP contribution in [0.2, 0.25) is 0 Å². The van der Waals surface area contributed by atoms with Crippen LogP contribution in [0.15, 0.2) is 94.6 Å². The third kappa shape index (κ3) is 4.68. The average Bonchev–Trinajstić information content (AvgIpc) is 3.44. The number of hydrogen-bond acceptors (Lipinski definition) is 4. The second-order valence-corrected chi connectivity index (χ2v) is 6.43. The molecule has 29 heavy (non-hydrogen) atoms. The van der Waals surface area contributed by atoms with Gasteiger partial charge in [-0.2, -0.15) is 10.2 Å². The molecular weight excluding hydrogens is 364 g/mol. The van der Waals surface area contributed by atoms with E-state index >= 15 is 0 Å². The lowest BCUT2D eigenvalue weighted by Crippen LogP contribution is -2.20. The Morgan fingerprint density at radius 3 is 2.41 bits per heavy atom. The van der Waals surface area contributed by atoms with E-state index in [0.717, 1.165) is 22.5 Å². The minimum atomic E-state index is -0.191.